The zero-order valence-electron chi connectivity index (χ0n) is 18.0. The maximum atomic E-state index is 12.7. The Morgan fingerprint density at radius 1 is 1.27 bits per heavy atom. The Kier molecular flexibility index (Phi) is 6.67. The van der Waals surface area contributed by atoms with E-state index in [0.29, 0.717) is 17.2 Å². The van der Waals surface area contributed by atoms with Gasteiger partial charge in [0, 0.05) is 37.9 Å². The highest BCUT2D eigenvalue weighted by Gasteiger charge is 2.28. The number of amides is 1. The fraction of sp³-hybridized carbons (Fsp3) is 0.714. The van der Waals surface area contributed by atoms with Crippen LogP contribution in [0.3, 0.4) is 0 Å². The van der Waals surface area contributed by atoms with Gasteiger partial charge in [-0.25, -0.2) is 4.98 Å². The lowest BCUT2D eigenvalue weighted by Crippen LogP contribution is -2.44. The van der Waals surface area contributed by atoms with Crippen LogP contribution >= 0.6 is 11.3 Å². The minimum absolute atomic E-state index is 0.0350. The van der Waals surface area contributed by atoms with E-state index in [2.05, 4.69) is 32.1 Å². The lowest BCUT2D eigenvalue weighted by atomic mass is 9.97. The van der Waals surface area contributed by atoms with Crippen LogP contribution < -0.4 is 15.8 Å². The number of anilines is 1. The van der Waals surface area contributed by atoms with Crippen LogP contribution in [0.5, 0.6) is 0 Å². The van der Waals surface area contributed by atoms with E-state index >= 15 is 0 Å². The van der Waals surface area contributed by atoms with Crippen LogP contribution in [0.15, 0.2) is 10.9 Å². The van der Waals surface area contributed by atoms with Crippen LogP contribution in [0.1, 0.15) is 44.7 Å². The molecule has 2 aromatic heterocycles. The number of hydrogen-bond donors (Lipinski definition) is 1. The summed E-state index contributed by atoms with van der Waals surface area (Å²) in [4.78, 5) is 34.5. The summed E-state index contributed by atoms with van der Waals surface area (Å²) < 4.78 is 1.36. The molecular weight excluding hydrogens is 400 g/mol. The van der Waals surface area contributed by atoms with Crippen LogP contribution in [-0.2, 0) is 4.79 Å². The first-order valence-electron chi connectivity index (χ1n) is 11.1. The molecule has 2 aromatic rings. The molecular formula is C21H32N6O2S. The zero-order valence-corrected chi connectivity index (χ0v) is 18.8. The zero-order chi connectivity index (χ0) is 21.1. The van der Waals surface area contributed by atoms with E-state index in [4.69, 9.17) is 0 Å². The number of carbonyl (C=O) groups excluding carboxylic acids is 1. The van der Waals surface area contributed by atoms with Crippen molar-refractivity contribution in [1.82, 2.24) is 24.8 Å². The Labute approximate surface area is 181 Å². The third kappa shape index (κ3) is 5.00. The van der Waals surface area contributed by atoms with Crippen molar-refractivity contribution in [3.05, 3.63) is 22.1 Å². The average Bonchev–Trinajstić information content (AvgIpc) is 3.16. The summed E-state index contributed by atoms with van der Waals surface area (Å²) >= 11 is 1.41. The first-order valence-corrected chi connectivity index (χ1v) is 11.9. The predicted molar refractivity (Wildman–Crippen MR) is 119 cm³/mol. The first kappa shape index (κ1) is 21.2. The maximum absolute atomic E-state index is 12.7. The Morgan fingerprint density at radius 3 is 2.93 bits per heavy atom. The van der Waals surface area contributed by atoms with Crippen LogP contribution in [0.2, 0.25) is 0 Å². The molecule has 0 aliphatic carbocycles. The molecule has 1 N–H and O–H groups in total. The van der Waals surface area contributed by atoms with Gasteiger partial charge < -0.3 is 15.1 Å². The standard InChI is InChI=1S/C21H32N6O2S/c1-15-6-3-9-25(13-15)10-5-8-22-19(29)17-7-4-11-26(14-17)21-24-27-18(28)12-16(2)23-20(27)30-21/h12,15,17H,3-11,13-14H2,1-2H3,(H,22,29). The highest BCUT2D eigenvalue weighted by atomic mass is 32.1. The lowest BCUT2D eigenvalue weighted by molar-refractivity contribution is -0.125. The SMILES string of the molecule is Cc1cc(=O)n2nc(N3CCCC(C(=O)NCCCN4CCCC(C)C4)C3)sc2n1. The maximum Gasteiger partial charge on any atom is 0.275 e. The van der Waals surface area contributed by atoms with Crippen molar-refractivity contribution in [3.8, 4) is 0 Å². The van der Waals surface area contributed by atoms with Crippen molar-refractivity contribution in [2.45, 2.75) is 46.0 Å². The molecule has 0 radical (unpaired) electrons. The van der Waals surface area contributed by atoms with Gasteiger partial charge in [0.15, 0.2) is 0 Å². The molecule has 2 saturated heterocycles. The number of hydrogen-bond acceptors (Lipinski definition) is 7. The van der Waals surface area contributed by atoms with E-state index in [0.717, 1.165) is 49.9 Å². The summed E-state index contributed by atoms with van der Waals surface area (Å²) in [7, 11) is 0. The fourth-order valence-corrected chi connectivity index (χ4v) is 5.54. The van der Waals surface area contributed by atoms with E-state index in [1.54, 1.807) is 0 Å². The Morgan fingerprint density at radius 2 is 2.10 bits per heavy atom. The number of rotatable bonds is 6. The number of carbonyl (C=O) groups is 1. The second-order valence-electron chi connectivity index (χ2n) is 8.79. The van der Waals surface area contributed by atoms with E-state index in [1.165, 1.54) is 47.8 Å². The van der Waals surface area contributed by atoms with Gasteiger partial charge in [-0.2, -0.15) is 4.52 Å². The topological polar surface area (TPSA) is 82.8 Å². The monoisotopic (exact) mass is 432 g/mol. The third-order valence-corrected chi connectivity index (χ3v) is 7.09. The van der Waals surface area contributed by atoms with Gasteiger partial charge in [0.1, 0.15) is 0 Å². The molecule has 2 unspecified atom stereocenters. The van der Waals surface area contributed by atoms with Gasteiger partial charge in [-0.05, 0) is 58.0 Å². The van der Waals surface area contributed by atoms with Crippen LogP contribution in [0.4, 0.5) is 5.13 Å². The number of nitrogens with one attached hydrogen (secondary N) is 1. The van der Waals surface area contributed by atoms with Gasteiger partial charge in [0.2, 0.25) is 16.0 Å². The largest absolute Gasteiger partial charge is 0.356 e. The Balaban J connectivity index is 1.28. The number of nitrogens with zero attached hydrogens (tertiary/aromatic N) is 5. The molecule has 2 aliphatic heterocycles. The van der Waals surface area contributed by atoms with E-state index < -0.39 is 0 Å². The van der Waals surface area contributed by atoms with Crippen molar-refractivity contribution in [1.29, 1.82) is 0 Å². The summed E-state index contributed by atoms with van der Waals surface area (Å²) in [5.74, 6) is 0.894. The molecule has 4 heterocycles. The van der Waals surface area contributed by atoms with Gasteiger partial charge in [0.25, 0.3) is 5.56 Å². The van der Waals surface area contributed by atoms with Crippen LogP contribution in [-0.4, -0.2) is 64.7 Å². The van der Waals surface area contributed by atoms with Gasteiger partial charge in [-0.3, -0.25) is 9.59 Å². The summed E-state index contributed by atoms with van der Waals surface area (Å²) in [5, 5.41) is 8.36. The molecule has 2 atom stereocenters. The van der Waals surface area contributed by atoms with Crippen molar-refractivity contribution in [3.63, 3.8) is 0 Å². The molecule has 2 fully saturated rings. The summed E-state index contributed by atoms with van der Waals surface area (Å²) in [6.45, 7) is 9.80. The van der Waals surface area contributed by atoms with E-state index in [9.17, 15) is 9.59 Å². The van der Waals surface area contributed by atoms with Crippen LogP contribution in [0, 0.1) is 18.8 Å². The molecule has 1 amide bonds. The highest BCUT2D eigenvalue weighted by molar-refractivity contribution is 7.20. The minimum atomic E-state index is -0.158. The molecule has 2 aliphatic rings. The second kappa shape index (κ2) is 9.43. The third-order valence-electron chi connectivity index (χ3n) is 6.12. The molecule has 8 nitrogen and oxygen atoms in total. The number of piperidine rings is 2. The normalized spacial score (nSPS) is 23.1. The Bertz CT molecular complexity index is 941. The number of likely N-dealkylation sites (tertiary alicyclic amines) is 1. The minimum Gasteiger partial charge on any atom is -0.356 e. The van der Waals surface area contributed by atoms with Gasteiger partial charge in [-0.1, -0.05) is 18.3 Å². The van der Waals surface area contributed by atoms with Gasteiger partial charge in [0.05, 0.1) is 5.92 Å². The quantitative estimate of drug-likeness (QED) is 0.702. The first-order chi connectivity index (χ1) is 14.5. The van der Waals surface area contributed by atoms with Crippen molar-refractivity contribution >= 4 is 27.3 Å². The van der Waals surface area contributed by atoms with Gasteiger partial charge in [-0.15, -0.1) is 5.10 Å². The number of fused-ring (bicyclic) bond motifs is 1. The second-order valence-corrected chi connectivity index (χ2v) is 9.73. The molecule has 0 spiro atoms. The summed E-state index contributed by atoms with van der Waals surface area (Å²) in [6.07, 6.45) is 5.47. The van der Waals surface area contributed by atoms with E-state index in [1.807, 2.05) is 6.92 Å². The highest BCUT2D eigenvalue weighted by Crippen LogP contribution is 2.27. The molecule has 0 aromatic carbocycles. The fourth-order valence-electron chi connectivity index (χ4n) is 4.55. The number of aryl methyl sites for hydroxylation is 1. The number of aromatic nitrogens is 3. The van der Waals surface area contributed by atoms with Crippen LogP contribution in [0.25, 0.3) is 4.96 Å². The molecule has 30 heavy (non-hydrogen) atoms. The Hall–Kier alpha value is -2.00. The molecule has 164 valence electrons. The lowest BCUT2D eigenvalue weighted by Gasteiger charge is -2.32. The summed E-state index contributed by atoms with van der Waals surface area (Å²) in [6, 6.07) is 1.49. The molecule has 9 heteroatoms. The van der Waals surface area contributed by atoms with E-state index in [-0.39, 0.29) is 17.4 Å². The molecule has 0 bridgehead atoms. The predicted octanol–water partition coefficient (Wildman–Crippen LogP) is 1.91. The van der Waals surface area contributed by atoms with Crippen molar-refractivity contribution in [2.24, 2.45) is 11.8 Å². The van der Waals surface area contributed by atoms with Crippen molar-refractivity contribution < 1.29 is 4.79 Å². The average molecular weight is 433 g/mol. The molecule has 4 rings (SSSR count). The van der Waals surface area contributed by atoms with Gasteiger partial charge >= 0.3 is 0 Å². The summed E-state index contributed by atoms with van der Waals surface area (Å²) in [5.41, 5.74) is 0.541. The molecule has 0 saturated carbocycles. The smallest absolute Gasteiger partial charge is 0.275 e. The van der Waals surface area contributed by atoms with Crippen molar-refractivity contribution in [2.75, 3.05) is 44.2 Å².